The Hall–Kier alpha value is -1.57. The number of carbonyl (C=O) groups excluding carboxylic acids is 1. The first-order valence-electron chi connectivity index (χ1n) is 5.53. The van der Waals surface area contributed by atoms with Crippen LogP contribution in [0.2, 0.25) is 0 Å². The predicted octanol–water partition coefficient (Wildman–Crippen LogP) is 3.29. The Kier molecular flexibility index (Phi) is 4.77. The van der Waals surface area contributed by atoms with E-state index in [1.165, 1.54) is 0 Å². The minimum absolute atomic E-state index is 0.0763. The molecule has 2 heteroatoms. The van der Waals surface area contributed by atoms with E-state index in [0.29, 0.717) is 0 Å². The van der Waals surface area contributed by atoms with E-state index in [-0.39, 0.29) is 18.0 Å². The van der Waals surface area contributed by atoms with E-state index < -0.39 is 0 Å². The number of hydrogen-bond acceptors (Lipinski definition) is 2. The van der Waals surface area contributed by atoms with Crippen LogP contribution in [0.1, 0.15) is 26.3 Å². The van der Waals surface area contributed by atoms with Crippen LogP contribution in [0.3, 0.4) is 0 Å². The Labute approximate surface area is 96.9 Å². The molecule has 0 radical (unpaired) electrons. The Morgan fingerprint density at radius 1 is 1.19 bits per heavy atom. The minimum atomic E-state index is -0.185. The molecular weight excluding hydrogens is 200 g/mol. The topological polar surface area (TPSA) is 26.3 Å². The maximum Gasteiger partial charge on any atom is 0.308 e. The van der Waals surface area contributed by atoms with E-state index in [4.69, 9.17) is 4.74 Å². The van der Waals surface area contributed by atoms with E-state index in [1.54, 1.807) is 0 Å². The highest BCUT2D eigenvalue weighted by Gasteiger charge is 2.10. The fraction of sp³-hybridized carbons (Fsp3) is 0.357. The fourth-order valence-electron chi connectivity index (χ4n) is 1.17. The molecule has 0 saturated heterocycles. The van der Waals surface area contributed by atoms with Crippen molar-refractivity contribution in [2.24, 2.45) is 5.92 Å². The van der Waals surface area contributed by atoms with Gasteiger partial charge in [-0.3, -0.25) is 4.79 Å². The highest BCUT2D eigenvalue weighted by molar-refractivity contribution is 5.72. The summed E-state index contributed by atoms with van der Waals surface area (Å²) >= 11 is 0. The molecule has 86 valence electrons. The standard InChI is InChI=1S/C14H18O2/c1-11(2)14(15)16-12(3)9-10-13-7-5-4-6-8-13/h4-12H,1-3H3/b10-9+/t12-/m0/s1. The third kappa shape index (κ3) is 4.30. The molecule has 1 aromatic carbocycles. The van der Waals surface area contributed by atoms with Crippen LogP contribution in [0.4, 0.5) is 0 Å². The van der Waals surface area contributed by atoms with Gasteiger partial charge in [0.05, 0.1) is 5.92 Å². The summed E-state index contributed by atoms with van der Waals surface area (Å²) in [5.41, 5.74) is 1.11. The highest BCUT2D eigenvalue weighted by Crippen LogP contribution is 2.05. The van der Waals surface area contributed by atoms with Gasteiger partial charge >= 0.3 is 5.97 Å². The molecule has 16 heavy (non-hydrogen) atoms. The van der Waals surface area contributed by atoms with Crippen LogP contribution in [0.15, 0.2) is 36.4 Å². The van der Waals surface area contributed by atoms with Gasteiger partial charge in [0.1, 0.15) is 6.10 Å². The second-order valence-corrected chi connectivity index (χ2v) is 4.07. The quantitative estimate of drug-likeness (QED) is 0.725. The van der Waals surface area contributed by atoms with E-state index >= 15 is 0 Å². The van der Waals surface area contributed by atoms with Gasteiger partial charge in [-0.2, -0.15) is 0 Å². The maximum atomic E-state index is 11.3. The Morgan fingerprint density at radius 2 is 1.81 bits per heavy atom. The van der Waals surface area contributed by atoms with Crippen LogP contribution in [-0.4, -0.2) is 12.1 Å². The summed E-state index contributed by atoms with van der Waals surface area (Å²) in [6.07, 6.45) is 3.66. The summed E-state index contributed by atoms with van der Waals surface area (Å²) in [6.45, 7) is 5.52. The van der Waals surface area contributed by atoms with Gasteiger partial charge in [0, 0.05) is 0 Å². The molecule has 1 rings (SSSR count). The van der Waals surface area contributed by atoms with Crippen molar-refractivity contribution in [3.8, 4) is 0 Å². The first kappa shape index (κ1) is 12.5. The number of benzene rings is 1. The molecule has 0 fully saturated rings. The smallest absolute Gasteiger partial charge is 0.308 e. The van der Waals surface area contributed by atoms with Gasteiger partial charge in [-0.05, 0) is 18.6 Å². The zero-order valence-electron chi connectivity index (χ0n) is 10.0. The van der Waals surface area contributed by atoms with Crippen molar-refractivity contribution in [3.63, 3.8) is 0 Å². The minimum Gasteiger partial charge on any atom is -0.458 e. The molecule has 1 aromatic rings. The summed E-state index contributed by atoms with van der Waals surface area (Å²) in [4.78, 5) is 11.3. The van der Waals surface area contributed by atoms with Crippen LogP contribution < -0.4 is 0 Å². The lowest BCUT2D eigenvalue weighted by atomic mass is 10.2. The highest BCUT2D eigenvalue weighted by atomic mass is 16.5. The summed E-state index contributed by atoms with van der Waals surface area (Å²) in [5.74, 6) is -0.238. The largest absolute Gasteiger partial charge is 0.458 e. The van der Waals surface area contributed by atoms with Crippen LogP contribution >= 0.6 is 0 Å². The van der Waals surface area contributed by atoms with E-state index in [1.807, 2.05) is 63.3 Å². The molecule has 0 spiro atoms. The van der Waals surface area contributed by atoms with Gasteiger partial charge in [-0.1, -0.05) is 50.3 Å². The summed E-state index contributed by atoms with van der Waals surface area (Å²) in [7, 11) is 0. The average Bonchev–Trinajstić information content (AvgIpc) is 2.27. The van der Waals surface area contributed by atoms with Crippen molar-refractivity contribution < 1.29 is 9.53 Å². The second kappa shape index (κ2) is 6.11. The lowest BCUT2D eigenvalue weighted by Gasteiger charge is -2.10. The van der Waals surface area contributed by atoms with Crippen LogP contribution in [0.25, 0.3) is 6.08 Å². The maximum absolute atomic E-state index is 11.3. The molecule has 0 heterocycles. The van der Waals surface area contributed by atoms with Gasteiger partial charge < -0.3 is 4.74 Å². The fourth-order valence-corrected chi connectivity index (χ4v) is 1.17. The number of carbonyl (C=O) groups is 1. The Bertz CT molecular complexity index is 352. The van der Waals surface area contributed by atoms with E-state index in [0.717, 1.165) is 5.56 Å². The van der Waals surface area contributed by atoms with Crippen molar-refractivity contribution in [1.82, 2.24) is 0 Å². The van der Waals surface area contributed by atoms with E-state index in [2.05, 4.69) is 0 Å². The SMILES string of the molecule is CC(C)C(=O)O[C@@H](C)/C=C/c1ccccc1. The number of hydrogen-bond donors (Lipinski definition) is 0. The molecule has 0 aliphatic rings. The molecule has 2 nitrogen and oxygen atoms in total. The predicted molar refractivity (Wildman–Crippen MR) is 65.9 cm³/mol. The monoisotopic (exact) mass is 218 g/mol. The Balaban J connectivity index is 2.49. The molecule has 0 saturated carbocycles. The second-order valence-electron chi connectivity index (χ2n) is 4.07. The molecule has 0 aliphatic carbocycles. The van der Waals surface area contributed by atoms with Gasteiger partial charge in [-0.25, -0.2) is 0 Å². The lowest BCUT2D eigenvalue weighted by molar-refractivity contribution is -0.149. The molecule has 0 aromatic heterocycles. The van der Waals surface area contributed by atoms with Crippen LogP contribution in [-0.2, 0) is 9.53 Å². The number of ether oxygens (including phenoxy) is 1. The Morgan fingerprint density at radius 3 is 2.38 bits per heavy atom. The average molecular weight is 218 g/mol. The molecule has 0 bridgehead atoms. The summed E-state index contributed by atoms with van der Waals surface area (Å²) in [5, 5.41) is 0. The molecule has 0 amide bonds. The van der Waals surface area contributed by atoms with Crippen molar-refractivity contribution in [2.75, 3.05) is 0 Å². The normalized spacial score (nSPS) is 13.0. The first-order chi connectivity index (χ1) is 7.59. The summed E-state index contributed by atoms with van der Waals surface area (Å²) < 4.78 is 5.21. The van der Waals surface area contributed by atoms with Crippen LogP contribution in [0.5, 0.6) is 0 Å². The first-order valence-corrected chi connectivity index (χ1v) is 5.53. The van der Waals surface area contributed by atoms with Gasteiger partial charge in [0.15, 0.2) is 0 Å². The number of rotatable bonds is 4. The molecule has 1 atom stereocenters. The molecular formula is C14H18O2. The third-order valence-corrected chi connectivity index (χ3v) is 2.13. The summed E-state index contributed by atoms with van der Waals surface area (Å²) in [6, 6.07) is 9.94. The van der Waals surface area contributed by atoms with Gasteiger partial charge in [-0.15, -0.1) is 0 Å². The van der Waals surface area contributed by atoms with E-state index in [9.17, 15) is 4.79 Å². The molecule has 0 unspecified atom stereocenters. The van der Waals surface area contributed by atoms with Crippen molar-refractivity contribution in [2.45, 2.75) is 26.9 Å². The zero-order valence-corrected chi connectivity index (χ0v) is 10.0. The lowest BCUT2D eigenvalue weighted by Crippen LogP contribution is -2.17. The number of esters is 1. The van der Waals surface area contributed by atoms with Crippen LogP contribution in [0, 0.1) is 5.92 Å². The van der Waals surface area contributed by atoms with Crippen molar-refractivity contribution >= 4 is 12.0 Å². The molecule has 0 N–H and O–H groups in total. The van der Waals surface area contributed by atoms with Gasteiger partial charge in [0.2, 0.25) is 0 Å². The van der Waals surface area contributed by atoms with Crippen molar-refractivity contribution in [1.29, 1.82) is 0 Å². The van der Waals surface area contributed by atoms with Crippen molar-refractivity contribution in [3.05, 3.63) is 42.0 Å². The molecule has 0 aliphatic heterocycles. The zero-order chi connectivity index (χ0) is 12.0. The third-order valence-electron chi connectivity index (χ3n) is 2.13. The van der Waals surface area contributed by atoms with Gasteiger partial charge in [0.25, 0.3) is 0 Å².